The molecule has 0 aromatic heterocycles. The van der Waals surface area contributed by atoms with E-state index in [2.05, 4.69) is 20.6 Å². The summed E-state index contributed by atoms with van der Waals surface area (Å²) in [6.45, 7) is 2.84. The predicted molar refractivity (Wildman–Crippen MR) is 167 cm³/mol. The number of nitrogens with one attached hydrogen (secondary N) is 2. The van der Waals surface area contributed by atoms with Crippen LogP contribution in [-0.2, 0) is 25.3 Å². The van der Waals surface area contributed by atoms with Crippen LogP contribution in [0.4, 0.5) is 9.59 Å². The molecule has 1 unspecified atom stereocenters. The smallest absolute Gasteiger partial charge is 0.407 e. The van der Waals surface area contributed by atoms with Gasteiger partial charge in [0.25, 0.3) is 5.24 Å². The maximum atomic E-state index is 12.0. The molecule has 0 aliphatic carbocycles. The molecule has 0 spiro atoms. The quantitative estimate of drug-likeness (QED) is 0.0336. The molecule has 1 atom stereocenters. The van der Waals surface area contributed by atoms with Gasteiger partial charge in [-0.1, -0.05) is 11.8 Å². The maximum absolute atomic E-state index is 12.0. The number of hydrogen-bond donors (Lipinski definition) is 4. The number of aliphatic hydroxyl groups is 2. The monoisotopic (exact) mass is 650 g/mol. The molecule has 0 aliphatic rings. The fraction of sp³-hybridized carbons (Fsp3) is 0.818. The summed E-state index contributed by atoms with van der Waals surface area (Å²) in [6.07, 6.45) is 1.71. The molecule has 0 aromatic rings. The minimum absolute atomic E-state index is 0.00455. The highest BCUT2D eigenvalue weighted by molar-refractivity contribution is 8.14. The van der Waals surface area contributed by atoms with E-state index in [1.165, 1.54) is 23.7 Å². The van der Waals surface area contributed by atoms with Crippen LogP contribution in [-0.4, -0.2) is 136 Å². The van der Waals surface area contributed by atoms with Crippen molar-refractivity contribution >= 4 is 81.1 Å². The molecule has 0 saturated carbocycles. The highest BCUT2D eigenvalue weighted by Crippen LogP contribution is 2.08. The number of hydrogen-bond acceptors (Lipinski definition) is 14. The molecule has 0 saturated heterocycles. The van der Waals surface area contributed by atoms with Gasteiger partial charge in [0, 0.05) is 85.3 Å². The number of carbonyl (C=O) groups excluding carboxylic acids is 2. The Hall–Kier alpha value is -0.690. The molecular weight excluding hydrogens is 609 g/mol. The molecule has 0 radical (unpaired) electrons. The van der Waals surface area contributed by atoms with Gasteiger partial charge in [-0.25, -0.2) is 4.79 Å². The van der Waals surface area contributed by atoms with Crippen LogP contribution < -0.4 is 10.6 Å². The van der Waals surface area contributed by atoms with Gasteiger partial charge < -0.3 is 30.5 Å². The van der Waals surface area contributed by atoms with Gasteiger partial charge in [0.15, 0.2) is 0 Å². The summed E-state index contributed by atoms with van der Waals surface area (Å²) in [5.41, 5.74) is 1.49. The number of aliphatic imine (C=N–C) groups is 2. The van der Waals surface area contributed by atoms with Crippen molar-refractivity contribution < 1.29 is 38.5 Å². The first kappa shape index (κ1) is 38.3. The molecule has 228 valence electrons. The highest BCUT2D eigenvalue weighted by Gasteiger charge is 2.03. The van der Waals surface area contributed by atoms with Crippen LogP contribution in [0, 0.1) is 0 Å². The Kier molecular flexibility index (Phi) is 31.3. The van der Waals surface area contributed by atoms with E-state index in [0.29, 0.717) is 57.1 Å². The average molecular weight is 651 g/mol. The van der Waals surface area contributed by atoms with Gasteiger partial charge in [-0.3, -0.25) is 19.0 Å². The Bertz CT molecular complexity index is 680. The molecule has 39 heavy (non-hydrogen) atoms. The third-order valence-electron chi connectivity index (χ3n) is 3.95. The summed E-state index contributed by atoms with van der Waals surface area (Å²) in [6, 6.07) is 0. The number of alkyl carbamates (subject to hydrolysis) is 1. The summed E-state index contributed by atoms with van der Waals surface area (Å²) < 4.78 is 16.8. The number of aliphatic hydroxyl groups excluding tert-OH is 2. The lowest BCUT2D eigenvalue weighted by Gasteiger charge is -2.05. The summed E-state index contributed by atoms with van der Waals surface area (Å²) in [5, 5.41) is 22.7. The highest BCUT2D eigenvalue weighted by atomic mass is 32.2. The fourth-order valence-electron chi connectivity index (χ4n) is 2.13. The Morgan fingerprint density at radius 2 is 1.49 bits per heavy atom. The zero-order valence-electron chi connectivity index (χ0n) is 22.2. The van der Waals surface area contributed by atoms with Gasteiger partial charge in [0.05, 0.1) is 36.1 Å². The topological polar surface area (TPSA) is 168 Å². The van der Waals surface area contributed by atoms with E-state index in [0.717, 1.165) is 34.5 Å². The van der Waals surface area contributed by atoms with Crippen LogP contribution in [0.1, 0.15) is 12.8 Å². The standard InChI is InChI=1S/C22H42N4O8S5/c27-7-1-9-32-21(29)25-5-13-36-12-4-24-20-39(31)18-17-37-15-16-38-22(30)26-6-14-35-11-3-23-19-34-33-10-2-8-28/h19-20,27-28H,1-18H2,(H,25,29)(H,26,30). The lowest BCUT2D eigenvalue weighted by Crippen LogP contribution is -2.27. The van der Waals surface area contributed by atoms with Crippen molar-refractivity contribution in [3.63, 3.8) is 0 Å². The number of ether oxygens (including phenoxy) is 1. The first-order chi connectivity index (χ1) is 19.1. The van der Waals surface area contributed by atoms with Gasteiger partial charge in [0.2, 0.25) is 6.40 Å². The average Bonchev–Trinajstić information content (AvgIpc) is 2.92. The van der Waals surface area contributed by atoms with Crippen molar-refractivity contribution in [2.24, 2.45) is 9.98 Å². The van der Waals surface area contributed by atoms with Crippen molar-refractivity contribution in [2.75, 3.05) is 98.6 Å². The molecule has 0 aliphatic heterocycles. The minimum Gasteiger partial charge on any atom is -0.449 e. The molecule has 0 bridgehead atoms. The van der Waals surface area contributed by atoms with Gasteiger partial charge in [-0.05, 0) is 6.42 Å². The molecule has 0 aromatic carbocycles. The third kappa shape index (κ3) is 31.7. The normalized spacial score (nSPS) is 12.2. The van der Waals surface area contributed by atoms with Crippen LogP contribution in [0.15, 0.2) is 9.98 Å². The molecular formula is C22H42N4O8S5. The van der Waals surface area contributed by atoms with Crippen molar-refractivity contribution in [3.8, 4) is 0 Å². The number of amides is 2. The molecule has 12 nitrogen and oxygen atoms in total. The van der Waals surface area contributed by atoms with Gasteiger partial charge >= 0.3 is 6.09 Å². The second kappa shape index (κ2) is 31.8. The zero-order chi connectivity index (χ0) is 28.7. The van der Waals surface area contributed by atoms with Crippen LogP contribution in [0.25, 0.3) is 0 Å². The second-order valence-electron chi connectivity index (χ2n) is 7.14. The number of carbonyl (C=O) groups is 2. The van der Waals surface area contributed by atoms with Crippen molar-refractivity contribution in [2.45, 2.75) is 12.8 Å². The van der Waals surface area contributed by atoms with E-state index in [9.17, 15) is 13.8 Å². The zero-order valence-corrected chi connectivity index (χ0v) is 26.2. The summed E-state index contributed by atoms with van der Waals surface area (Å²) in [7, 11) is -1.10. The van der Waals surface area contributed by atoms with Crippen LogP contribution >= 0.6 is 47.0 Å². The molecule has 0 fully saturated rings. The van der Waals surface area contributed by atoms with Gasteiger partial charge in [-0.2, -0.15) is 40.2 Å². The van der Waals surface area contributed by atoms with E-state index in [4.69, 9.17) is 24.7 Å². The van der Waals surface area contributed by atoms with E-state index in [-0.39, 0.29) is 25.1 Å². The fourth-order valence-corrected chi connectivity index (χ4v) is 6.40. The van der Waals surface area contributed by atoms with Crippen molar-refractivity contribution in [1.82, 2.24) is 10.6 Å². The lowest BCUT2D eigenvalue weighted by molar-refractivity contribution is -0.218. The number of thioether (sulfide) groups is 4. The van der Waals surface area contributed by atoms with Gasteiger partial charge in [0.1, 0.15) is 0 Å². The molecule has 2 amide bonds. The second-order valence-corrected chi connectivity index (χ2v) is 13.3. The first-order valence-electron chi connectivity index (χ1n) is 12.5. The summed E-state index contributed by atoms with van der Waals surface area (Å²) in [4.78, 5) is 40.8. The summed E-state index contributed by atoms with van der Waals surface area (Å²) >= 11 is 6.24. The summed E-state index contributed by atoms with van der Waals surface area (Å²) in [5.74, 6) is 5.91. The van der Waals surface area contributed by atoms with Gasteiger partial charge in [-0.15, -0.1) is 0 Å². The largest absolute Gasteiger partial charge is 0.449 e. The maximum Gasteiger partial charge on any atom is 0.407 e. The molecule has 0 heterocycles. The van der Waals surface area contributed by atoms with E-state index in [1.807, 2.05) is 0 Å². The van der Waals surface area contributed by atoms with Crippen LogP contribution in [0.3, 0.4) is 0 Å². The molecule has 4 N–H and O–H groups in total. The van der Waals surface area contributed by atoms with E-state index < -0.39 is 16.9 Å². The predicted octanol–water partition coefficient (Wildman–Crippen LogP) is 1.87. The van der Waals surface area contributed by atoms with Crippen LogP contribution in [0.2, 0.25) is 0 Å². The SMILES string of the molecule is O=C(NCCSCCN=CS(=O)CCSCCSC(=O)NCCSCCN=COOCCCO)OCCCO. The number of rotatable bonds is 27. The Balaban J connectivity index is 3.42. The minimum atomic E-state index is -1.10. The van der Waals surface area contributed by atoms with E-state index >= 15 is 0 Å². The Morgan fingerprint density at radius 1 is 0.821 bits per heavy atom. The molecule has 17 heteroatoms. The van der Waals surface area contributed by atoms with Crippen molar-refractivity contribution in [1.29, 1.82) is 0 Å². The molecule has 0 rings (SSSR count). The third-order valence-corrected chi connectivity index (χ3v) is 9.19. The lowest BCUT2D eigenvalue weighted by atomic mass is 10.5. The van der Waals surface area contributed by atoms with E-state index in [1.54, 1.807) is 35.3 Å². The first-order valence-corrected chi connectivity index (χ1v) is 18.3. The van der Waals surface area contributed by atoms with Crippen LogP contribution in [0.5, 0.6) is 0 Å². The number of nitrogens with zero attached hydrogens (tertiary/aromatic N) is 2. The van der Waals surface area contributed by atoms with Crippen molar-refractivity contribution in [3.05, 3.63) is 0 Å². The Morgan fingerprint density at radius 3 is 2.23 bits per heavy atom. The Labute approximate surface area is 250 Å².